The molecule has 0 aromatic carbocycles. The van der Waals surface area contributed by atoms with Gasteiger partial charge in [-0.25, -0.2) is 0 Å². The van der Waals surface area contributed by atoms with Crippen LogP contribution in [-0.2, 0) is 29.2 Å². The topological polar surface area (TPSA) is 107 Å². The number of hydrogen-bond acceptors (Lipinski definition) is 6. The van der Waals surface area contributed by atoms with Crippen LogP contribution in [0.3, 0.4) is 0 Å². The molecule has 3 aliphatic rings. The molecule has 0 amide bonds. The van der Waals surface area contributed by atoms with E-state index in [0.717, 1.165) is 25.7 Å². The molecule has 0 aliphatic heterocycles. The van der Waals surface area contributed by atoms with Crippen molar-refractivity contribution in [2.24, 2.45) is 23.7 Å². The van der Waals surface area contributed by atoms with Crippen LogP contribution in [0.4, 0.5) is 17.6 Å². The van der Waals surface area contributed by atoms with E-state index in [9.17, 15) is 35.6 Å². The first kappa shape index (κ1) is 24.9. The molecule has 7 nitrogen and oxygen atoms in total. The van der Waals surface area contributed by atoms with Crippen molar-refractivity contribution in [3.63, 3.8) is 0 Å². The monoisotopic (exact) mass is 486 g/mol. The first-order valence-electron chi connectivity index (χ1n) is 10.6. The van der Waals surface area contributed by atoms with Crippen molar-refractivity contribution in [2.75, 3.05) is 6.61 Å². The molecule has 0 heterocycles. The zero-order valence-corrected chi connectivity index (χ0v) is 18.3. The lowest BCUT2D eigenvalue weighted by molar-refractivity contribution is -0.180. The second kappa shape index (κ2) is 8.58. The summed E-state index contributed by atoms with van der Waals surface area (Å²) in [7, 11) is -6.37. The molecule has 0 aromatic rings. The summed E-state index contributed by atoms with van der Waals surface area (Å²) in [4.78, 5) is 25.6. The Labute approximate surface area is 183 Å². The maximum absolute atomic E-state index is 13.6. The number of ether oxygens (including phenoxy) is 2. The van der Waals surface area contributed by atoms with Crippen LogP contribution in [-0.4, -0.2) is 48.3 Å². The minimum absolute atomic E-state index is 0.273. The number of halogens is 4. The Hall–Kier alpha value is -1.69. The number of alkyl halides is 4. The van der Waals surface area contributed by atoms with Gasteiger partial charge in [0.2, 0.25) is 0 Å². The molecule has 4 atom stereocenters. The molecule has 2 saturated carbocycles. The third-order valence-corrected chi connectivity index (χ3v) is 7.84. The standard InChI is InChI=1S/C20H26F4O7S/c1-2-18(7-3-4-8-18)31-17(26)15-13-6-5-12(11-13)14(15)16(25)30-10-9-19(21,22)20(23,24)32(27,28)29/h5-6,12-15H,2-4,7-11H2,1H3,(H,27,28,29). The molecule has 12 heteroatoms. The van der Waals surface area contributed by atoms with Gasteiger partial charge in [-0.2, -0.15) is 26.0 Å². The maximum Gasteiger partial charge on any atom is 0.431 e. The van der Waals surface area contributed by atoms with Crippen molar-refractivity contribution in [2.45, 2.75) is 68.6 Å². The highest BCUT2D eigenvalue weighted by molar-refractivity contribution is 7.87. The summed E-state index contributed by atoms with van der Waals surface area (Å²) >= 11 is 0. The lowest BCUT2D eigenvalue weighted by Crippen LogP contribution is -2.47. The molecule has 0 saturated heterocycles. The van der Waals surface area contributed by atoms with E-state index < -0.39 is 63.7 Å². The lowest BCUT2D eigenvalue weighted by atomic mass is 9.82. The lowest BCUT2D eigenvalue weighted by Gasteiger charge is -2.32. The molecule has 1 N–H and O–H groups in total. The van der Waals surface area contributed by atoms with Gasteiger partial charge in [0.25, 0.3) is 0 Å². The first-order chi connectivity index (χ1) is 14.7. The van der Waals surface area contributed by atoms with Gasteiger partial charge < -0.3 is 9.47 Å². The van der Waals surface area contributed by atoms with Gasteiger partial charge in [-0.15, -0.1) is 0 Å². The van der Waals surface area contributed by atoms with Crippen molar-refractivity contribution in [3.05, 3.63) is 12.2 Å². The molecule has 0 aromatic heterocycles. The fraction of sp³-hybridized carbons (Fsp3) is 0.800. The number of esters is 2. The normalized spacial score (nSPS) is 29.3. The molecule has 3 aliphatic carbocycles. The molecule has 0 radical (unpaired) electrons. The van der Waals surface area contributed by atoms with E-state index in [1.165, 1.54) is 0 Å². The van der Waals surface area contributed by atoms with Gasteiger partial charge in [-0.3, -0.25) is 14.1 Å². The first-order valence-corrected chi connectivity index (χ1v) is 12.0. The number of carbonyl (C=O) groups excluding carboxylic acids is 2. The summed E-state index contributed by atoms with van der Waals surface area (Å²) < 4.78 is 93.9. The zero-order valence-electron chi connectivity index (χ0n) is 17.4. The van der Waals surface area contributed by atoms with Crippen molar-refractivity contribution in [1.29, 1.82) is 0 Å². The van der Waals surface area contributed by atoms with E-state index in [2.05, 4.69) is 0 Å². The summed E-state index contributed by atoms with van der Waals surface area (Å²) in [5.74, 6) is -9.23. The van der Waals surface area contributed by atoms with E-state index in [1.807, 2.05) is 6.92 Å². The van der Waals surface area contributed by atoms with Crippen LogP contribution in [0, 0.1) is 23.7 Å². The summed E-state index contributed by atoms with van der Waals surface area (Å²) in [6.45, 7) is 0.697. The van der Waals surface area contributed by atoms with Crippen molar-refractivity contribution < 1.29 is 49.6 Å². The number of allylic oxidation sites excluding steroid dienone is 2. The van der Waals surface area contributed by atoms with Crippen LogP contribution in [0.2, 0.25) is 0 Å². The van der Waals surface area contributed by atoms with Gasteiger partial charge in [-0.1, -0.05) is 19.1 Å². The number of carbonyl (C=O) groups is 2. The molecule has 32 heavy (non-hydrogen) atoms. The Bertz CT molecular complexity index is 880. The van der Waals surface area contributed by atoms with Crippen LogP contribution in [0.15, 0.2) is 12.2 Å². The SMILES string of the molecule is CCC1(OC(=O)C2C3C=CC(C3)C2C(=O)OCCC(F)(F)C(F)(F)S(=O)(=O)O)CCCC1. The summed E-state index contributed by atoms with van der Waals surface area (Å²) in [5, 5.41) is -5.73. The summed E-state index contributed by atoms with van der Waals surface area (Å²) in [6.07, 6.45) is 6.10. The average Bonchev–Trinajstić information content (AvgIpc) is 3.42. The van der Waals surface area contributed by atoms with Crippen molar-refractivity contribution in [1.82, 2.24) is 0 Å². The Morgan fingerprint density at radius 3 is 2.09 bits per heavy atom. The highest BCUT2D eigenvalue weighted by Gasteiger charge is 2.65. The number of fused-ring (bicyclic) bond motifs is 2. The fourth-order valence-electron chi connectivity index (χ4n) is 5.00. The van der Waals surface area contributed by atoms with Crippen LogP contribution in [0.25, 0.3) is 0 Å². The Balaban J connectivity index is 1.65. The van der Waals surface area contributed by atoms with Gasteiger partial charge in [0.1, 0.15) is 5.60 Å². The van der Waals surface area contributed by atoms with Crippen LogP contribution >= 0.6 is 0 Å². The van der Waals surface area contributed by atoms with Gasteiger partial charge in [0, 0.05) is 0 Å². The highest BCUT2D eigenvalue weighted by Crippen LogP contribution is 2.50. The van der Waals surface area contributed by atoms with Crippen LogP contribution in [0.5, 0.6) is 0 Å². The number of hydrogen-bond donors (Lipinski definition) is 1. The maximum atomic E-state index is 13.6. The second-order valence-electron chi connectivity index (χ2n) is 8.78. The zero-order chi connectivity index (χ0) is 23.9. The van der Waals surface area contributed by atoms with Crippen molar-refractivity contribution in [3.8, 4) is 0 Å². The Kier molecular flexibility index (Phi) is 6.69. The fourth-order valence-corrected chi connectivity index (χ4v) is 5.48. The highest BCUT2D eigenvalue weighted by atomic mass is 32.2. The number of rotatable bonds is 9. The van der Waals surface area contributed by atoms with Crippen LogP contribution in [0.1, 0.15) is 51.9 Å². The Morgan fingerprint density at radius 2 is 1.59 bits per heavy atom. The summed E-state index contributed by atoms with van der Waals surface area (Å²) in [6, 6.07) is 0. The van der Waals surface area contributed by atoms with E-state index in [0.29, 0.717) is 12.8 Å². The van der Waals surface area contributed by atoms with E-state index in [-0.39, 0.29) is 11.8 Å². The van der Waals surface area contributed by atoms with Gasteiger partial charge in [-0.05, 0) is 50.4 Å². The Morgan fingerprint density at radius 1 is 1.06 bits per heavy atom. The predicted molar refractivity (Wildman–Crippen MR) is 102 cm³/mol. The molecule has 2 fully saturated rings. The average molecular weight is 486 g/mol. The quantitative estimate of drug-likeness (QED) is 0.229. The smallest absolute Gasteiger partial charge is 0.431 e. The molecule has 3 rings (SSSR count). The molecule has 0 spiro atoms. The molecule has 4 unspecified atom stereocenters. The minimum Gasteiger partial charge on any atom is -0.465 e. The van der Waals surface area contributed by atoms with E-state index in [4.69, 9.17) is 14.0 Å². The van der Waals surface area contributed by atoms with E-state index >= 15 is 0 Å². The van der Waals surface area contributed by atoms with Crippen LogP contribution < -0.4 is 0 Å². The van der Waals surface area contributed by atoms with Gasteiger partial charge in [0.05, 0.1) is 24.9 Å². The summed E-state index contributed by atoms with van der Waals surface area (Å²) in [5.41, 5.74) is -0.583. The molecule has 2 bridgehead atoms. The van der Waals surface area contributed by atoms with E-state index in [1.54, 1.807) is 12.2 Å². The molecular weight excluding hydrogens is 460 g/mol. The third kappa shape index (κ3) is 4.40. The molecule has 182 valence electrons. The third-order valence-electron chi connectivity index (χ3n) is 6.89. The van der Waals surface area contributed by atoms with Gasteiger partial charge >= 0.3 is 33.2 Å². The predicted octanol–water partition coefficient (Wildman–Crippen LogP) is 3.74. The second-order valence-corrected chi connectivity index (χ2v) is 10.2. The van der Waals surface area contributed by atoms with Crippen molar-refractivity contribution >= 4 is 22.1 Å². The largest absolute Gasteiger partial charge is 0.465 e. The minimum atomic E-state index is -6.37. The molecular formula is C20H26F4O7S. The van der Waals surface area contributed by atoms with Gasteiger partial charge in [0.15, 0.2) is 0 Å².